The number of nitrogens with zero attached hydrogens (tertiary/aromatic N) is 3. The van der Waals surface area contributed by atoms with Gasteiger partial charge < -0.3 is 15.3 Å². The number of aromatic amines is 1. The molecule has 0 radical (unpaired) electrons. The Kier molecular flexibility index (Phi) is 4.16. The summed E-state index contributed by atoms with van der Waals surface area (Å²) in [6.07, 6.45) is 1.63. The number of fused-ring (bicyclic) bond motifs is 1. The Labute approximate surface area is 121 Å². The summed E-state index contributed by atoms with van der Waals surface area (Å²) in [4.78, 5) is 23.0. The molecule has 7 heteroatoms. The zero-order valence-corrected chi connectivity index (χ0v) is 11.4. The molecule has 0 unspecified atom stereocenters. The van der Waals surface area contributed by atoms with Gasteiger partial charge in [0.25, 0.3) is 5.56 Å². The lowest BCUT2D eigenvalue weighted by atomic mass is 10.2. The van der Waals surface area contributed by atoms with Gasteiger partial charge in [0.15, 0.2) is 11.2 Å². The minimum Gasteiger partial charge on any atom is -0.324 e. The number of rotatable bonds is 3. The highest BCUT2D eigenvalue weighted by molar-refractivity contribution is 5.85. The highest BCUT2D eigenvalue weighted by atomic mass is 35.5. The Balaban J connectivity index is 0.00000147. The van der Waals surface area contributed by atoms with E-state index in [0.717, 1.165) is 5.56 Å². The molecule has 20 heavy (non-hydrogen) atoms. The molecule has 0 bridgehead atoms. The van der Waals surface area contributed by atoms with Crippen molar-refractivity contribution in [2.75, 3.05) is 0 Å². The zero-order valence-electron chi connectivity index (χ0n) is 10.6. The van der Waals surface area contributed by atoms with E-state index in [1.165, 1.54) is 0 Å². The van der Waals surface area contributed by atoms with Crippen molar-refractivity contribution in [1.82, 2.24) is 19.5 Å². The van der Waals surface area contributed by atoms with Crippen molar-refractivity contribution >= 4 is 23.6 Å². The molecule has 0 spiro atoms. The molecule has 2 aromatic heterocycles. The van der Waals surface area contributed by atoms with Crippen molar-refractivity contribution in [3.05, 3.63) is 58.4 Å². The average Bonchev–Trinajstić information content (AvgIpc) is 2.83. The molecule has 0 amide bonds. The largest absolute Gasteiger partial charge is 0.324 e. The van der Waals surface area contributed by atoms with Crippen LogP contribution in [0.2, 0.25) is 0 Å². The van der Waals surface area contributed by atoms with Crippen LogP contribution in [0.15, 0.2) is 41.5 Å². The predicted octanol–water partition coefficient (Wildman–Crippen LogP) is 1.05. The molecule has 0 saturated carbocycles. The maximum absolute atomic E-state index is 12.0. The number of H-pyrrole nitrogens is 1. The molecule has 6 nitrogen and oxygen atoms in total. The summed E-state index contributed by atoms with van der Waals surface area (Å²) in [5.74, 6) is 0.447. The Morgan fingerprint density at radius 2 is 2.00 bits per heavy atom. The fourth-order valence-corrected chi connectivity index (χ4v) is 2.03. The Morgan fingerprint density at radius 3 is 2.70 bits per heavy atom. The normalized spacial score (nSPS) is 10.4. The lowest BCUT2D eigenvalue weighted by Gasteiger charge is -2.03. The second-order valence-corrected chi connectivity index (χ2v) is 4.25. The quantitative estimate of drug-likeness (QED) is 0.755. The number of nitrogens with two attached hydrogens (primary N) is 1. The molecule has 0 saturated heterocycles. The second-order valence-electron chi connectivity index (χ2n) is 4.25. The molecule has 3 rings (SSSR count). The van der Waals surface area contributed by atoms with Crippen molar-refractivity contribution in [2.24, 2.45) is 5.73 Å². The number of aromatic nitrogens is 4. The molecule has 0 atom stereocenters. The topological polar surface area (TPSA) is 89.6 Å². The van der Waals surface area contributed by atoms with Gasteiger partial charge in [-0.2, -0.15) is 0 Å². The Morgan fingerprint density at radius 1 is 1.25 bits per heavy atom. The van der Waals surface area contributed by atoms with Crippen LogP contribution < -0.4 is 11.3 Å². The fraction of sp³-hybridized carbons (Fsp3) is 0.154. The first-order chi connectivity index (χ1) is 9.28. The smallest absolute Gasteiger partial charge is 0.277 e. The van der Waals surface area contributed by atoms with Gasteiger partial charge in [0, 0.05) is 6.54 Å². The second kappa shape index (κ2) is 5.85. The molecule has 0 aliphatic heterocycles. The van der Waals surface area contributed by atoms with E-state index in [-0.39, 0.29) is 24.5 Å². The number of hydrogen-bond acceptors (Lipinski definition) is 4. The molecule has 2 heterocycles. The van der Waals surface area contributed by atoms with Crippen LogP contribution >= 0.6 is 12.4 Å². The third kappa shape index (κ3) is 2.56. The minimum atomic E-state index is -0.209. The van der Waals surface area contributed by atoms with Crippen LogP contribution in [0.1, 0.15) is 11.4 Å². The average molecular weight is 292 g/mol. The maximum atomic E-state index is 12.0. The first kappa shape index (κ1) is 14.2. The molecule has 1 aromatic carbocycles. The van der Waals surface area contributed by atoms with E-state index in [1.54, 1.807) is 10.9 Å². The van der Waals surface area contributed by atoms with Crippen molar-refractivity contribution in [1.29, 1.82) is 0 Å². The van der Waals surface area contributed by atoms with Gasteiger partial charge in [-0.25, -0.2) is 9.97 Å². The Hall–Kier alpha value is -2.18. The SMILES string of the molecule is Cl.NCc1nc2ncn(Cc3ccccc3)c2c(=O)[nH]1. The maximum Gasteiger partial charge on any atom is 0.277 e. The van der Waals surface area contributed by atoms with Crippen LogP contribution in [-0.4, -0.2) is 19.5 Å². The van der Waals surface area contributed by atoms with Gasteiger partial charge in [-0.05, 0) is 5.56 Å². The summed E-state index contributed by atoms with van der Waals surface area (Å²) >= 11 is 0. The summed E-state index contributed by atoms with van der Waals surface area (Å²) in [6, 6.07) is 9.88. The van der Waals surface area contributed by atoms with Gasteiger partial charge in [0.2, 0.25) is 0 Å². The van der Waals surface area contributed by atoms with Gasteiger partial charge in [0.1, 0.15) is 5.82 Å². The molecule has 0 aliphatic rings. The number of nitrogens with one attached hydrogen (secondary N) is 1. The summed E-state index contributed by atoms with van der Waals surface area (Å²) in [7, 11) is 0. The van der Waals surface area contributed by atoms with E-state index in [4.69, 9.17) is 5.73 Å². The van der Waals surface area contributed by atoms with E-state index < -0.39 is 0 Å². The standard InChI is InChI=1S/C13H13N5O.ClH/c14-6-10-16-12-11(13(19)17-10)18(8-15-12)7-9-4-2-1-3-5-9;/h1-5,8H,6-7,14H2,(H,16,17,19);1H. The van der Waals surface area contributed by atoms with E-state index in [0.29, 0.717) is 23.5 Å². The molecule has 0 aliphatic carbocycles. The molecule has 3 N–H and O–H groups in total. The number of imidazole rings is 1. The van der Waals surface area contributed by atoms with Crippen LogP contribution in [-0.2, 0) is 13.1 Å². The van der Waals surface area contributed by atoms with E-state index in [9.17, 15) is 4.79 Å². The number of hydrogen-bond donors (Lipinski definition) is 2. The predicted molar refractivity (Wildman–Crippen MR) is 78.8 cm³/mol. The van der Waals surface area contributed by atoms with E-state index >= 15 is 0 Å². The third-order valence-corrected chi connectivity index (χ3v) is 2.92. The van der Waals surface area contributed by atoms with Crippen LogP contribution in [0.5, 0.6) is 0 Å². The molecular weight excluding hydrogens is 278 g/mol. The van der Waals surface area contributed by atoms with Gasteiger partial charge in [-0.3, -0.25) is 4.79 Å². The van der Waals surface area contributed by atoms with Crippen LogP contribution in [0.4, 0.5) is 0 Å². The summed E-state index contributed by atoms with van der Waals surface area (Å²) in [5, 5.41) is 0. The lowest BCUT2D eigenvalue weighted by molar-refractivity contribution is 0.816. The van der Waals surface area contributed by atoms with Gasteiger partial charge in [-0.1, -0.05) is 30.3 Å². The third-order valence-electron chi connectivity index (χ3n) is 2.92. The van der Waals surface area contributed by atoms with Crippen LogP contribution in [0, 0.1) is 0 Å². The van der Waals surface area contributed by atoms with Crippen LogP contribution in [0.25, 0.3) is 11.2 Å². The monoisotopic (exact) mass is 291 g/mol. The Bertz CT molecular complexity index is 765. The fourth-order valence-electron chi connectivity index (χ4n) is 2.03. The molecule has 3 aromatic rings. The first-order valence-electron chi connectivity index (χ1n) is 5.96. The summed E-state index contributed by atoms with van der Waals surface area (Å²) in [5.41, 5.74) is 7.27. The van der Waals surface area contributed by atoms with E-state index in [2.05, 4.69) is 15.0 Å². The van der Waals surface area contributed by atoms with Gasteiger partial charge >= 0.3 is 0 Å². The van der Waals surface area contributed by atoms with Crippen molar-refractivity contribution in [3.8, 4) is 0 Å². The van der Waals surface area contributed by atoms with Gasteiger partial charge in [-0.15, -0.1) is 12.4 Å². The zero-order chi connectivity index (χ0) is 13.2. The number of benzene rings is 1. The summed E-state index contributed by atoms with van der Waals surface area (Å²) in [6.45, 7) is 0.779. The minimum absolute atomic E-state index is 0. The number of halogens is 1. The van der Waals surface area contributed by atoms with Gasteiger partial charge in [0.05, 0.1) is 12.9 Å². The molecular formula is C13H14ClN5O. The van der Waals surface area contributed by atoms with Crippen LogP contribution in [0.3, 0.4) is 0 Å². The first-order valence-corrected chi connectivity index (χ1v) is 5.96. The lowest BCUT2D eigenvalue weighted by Crippen LogP contribution is -2.17. The highest BCUT2D eigenvalue weighted by Gasteiger charge is 2.10. The highest BCUT2D eigenvalue weighted by Crippen LogP contribution is 2.09. The van der Waals surface area contributed by atoms with Crippen molar-refractivity contribution < 1.29 is 0 Å². The molecule has 104 valence electrons. The molecule has 0 fully saturated rings. The summed E-state index contributed by atoms with van der Waals surface area (Å²) < 4.78 is 1.79. The van der Waals surface area contributed by atoms with Crippen molar-refractivity contribution in [2.45, 2.75) is 13.1 Å². The van der Waals surface area contributed by atoms with E-state index in [1.807, 2.05) is 30.3 Å². The van der Waals surface area contributed by atoms with Crippen molar-refractivity contribution in [3.63, 3.8) is 0 Å².